The quantitative estimate of drug-likeness (QED) is 0.700. The second-order valence-electron chi connectivity index (χ2n) is 5.97. The van der Waals surface area contributed by atoms with Gasteiger partial charge in [0, 0.05) is 17.8 Å². The van der Waals surface area contributed by atoms with Crippen LogP contribution in [0.5, 0.6) is 5.75 Å². The number of anilines is 2. The van der Waals surface area contributed by atoms with Crippen molar-refractivity contribution in [1.82, 2.24) is 4.98 Å². The van der Waals surface area contributed by atoms with Gasteiger partial charge in [-0.1, -0.05) is 24.3 Å². The number of hydrogen-bond acceptors (Lipinski definition) is 4. The number of nitrogens with zero attached hydrogens (tertiary/aromatic N) is 1. The second-order valence-corrected chi connectivity index (χ2v) is 5.97. The van der Waals surface area contributed by atoms with E-state index in [-0.39, 0.29) is 0 Å². The Labute approximate surface area is 148 Å². The van der Waals surface area contributed by atoms with Gasteiger partial charge in [0.05, 0.1) is 5.69 Å². The molecule has 0 saturated carbocycles. The smallest absolute Gasteiger partial charge is 0.131 e. The zero-order chi connectivity index (χ0) is 17.6. The molecule has 0 amide bonds. The summed E-state index contributed by atoms with van der Waals surface area (Å²) in [5.74, 6) is 1.67. The van der Waals surface area contributed by atoms with Crippen LogP contribution in [0.3, 0.4) is 0 Å². The van der Waals surface area contributed by atoms with Gasteiger partial charge < -0.3 is 15.8 Å². The minimum Gasteiger partial charge on any atom is -0.492 e. The lowest BCUT2D eigenvalue weighted by atomic mass is 9.99. The molecule has 0 saturated heterocycles. The lowest BCUT2D eigenvalue weighted by Crippen LogP contribution is -2.10. The topological polar surface area (TPSA) is 60.2 Å². The number of aryl methyl sites for hydroxylation is 2. The molecule has 1 heterocycles. The summed E-state index contributed by atoms with van der Waals surface area (Å²) in [6, 6.07) is 20.1. The van der Waals surface area contributed by atoms with Crippen molar-refractivity contribution in [3.05, 3.63) is 71.8 Å². The highest BCUT2D eigenvalue weighted by atomic mass is 16.5. The molecule has 25 heavy (non-hydrogen) atoms. The summed E-state index contributed by atoms with van der Waals surface area (Å²) >= 11 is 0. The number of pyridine rings is 1. The Morgan fingerprint density at radius 2 is 1.68 bits per heavy atom. The Balaban J connectivity index is 1.90. The molecule has 0 aliphatic heterocycles. The fourth-order valence-corrected chi connectivity index (χ4v) is 2.90. The standard InChI is InChI=1S/C21H23N3O/c1-15-13-18(25-12-11-22)14-16(2)21(15)19-9-6-10-20(24-19)23-17-7-4-3-5-8-17/h3-10,13-14H,11-12,22H2,1-2H3,(H,23,24). The summed E-state index contributed by atoms with van der Waals surface area (Å²) in [5.41, 5.74) is 10.9. The van der Waals surface area contributed by atoms with E-state index in [0.717, 1.165) is 39.6 Å². The lowest BCUT2D eigenvalue weighted by Gasteiger charge is -2.14. The van der Waals surface area contributed by atoms with Gasteiger partial charge in [-0.2, -0.15) is 0 Å². The summed E-state index contributed by atoms with van der Waals surface area (Å²) in [5, 5.41) is 3.34. The Kier molecular flexibility index (Phi) is 5.31. The molecule has 4 nitrogen and oxygen atoms in total. The van der Waals surface area contributed by atoms with Gasteiger partial charge in [0.2, 0.25) is 0 Å². The highest BCUT2D eigenvalue weighted by Gasteiger charge is 2.10. The molecule has 0 aliphatic carbocycles. The minimum absolute atomic E-state index is 0.509. The van der Waals surface area contributed by atoms with Crippen molar-refractivity contribution in [2.24, 2.45) is 5.73 Å². The summed E-state index contributed by atoms with van der Waals surface area (Å²) in [4.78, 5) is 4.78. The van der Waals surface area contributed by atoms with Gasteiger partial charge in [0.15, 0.2) is 0 Å². The minimum atomic E-state index is 0.509. The van der Waals surface area contributed by atoms with Crippen LogP contribution in [0.2, 0.25) is 0 Å². The zero-order valence-corrected chi connectivity index (χ0v) is 14.6. The molecule has 3 rings (SSSR count). The molecular weight excluding hydrogens is 310 g/mol. The van der Waals surface area contributed by atoms with E-state index in [0.29, 0.717) is 13.2 Å². The number of aromatic nitrogens is 1. The Hall–Kier alpha value is -2.85. The third kappa shape index (κ3) is 4.17. The molecule has 0 radical (unpaired) electrons. The van der Waals surface area contributed by atoms with Crippen molar-refractivity contribution in [1.29, 1.82) is 0 Å². The monoisotopic (exact) mass is 333 g/mol. The zero-order valence-electron chi connectivity index (χ0n) is 14.6. The molecule has 128 valence electrons. The van der Waals surface area contributed by atoms with Crippen molar-refractivity contribution in [3.8, 4) is 17.0 Å². The Morgan fingerprint density at radius 3 is 2.36 bits per heavy atom. The van der Waals surface area contributed by atoms with E-state index < -0.39 is 0 Å². The Morgan fingerprint density at radius 1 is 0.960 bits per heavy atom. The van der Waals surface area contributed by atoms with Gasteiger partial charge in [0.25, 0.3) is 0 Å². The first-order chi connectivity index (χ1) is 12.2. The van der Waals surface area contributed by atoms with Crippen LogP contribution in [-0.4, -0.2) is 18.1 Å². The molecule has 0 spiro atoms. The highest BCUT2D eigenvalue weighted by molar-refractivity contribution is 5.71. The molecule has 0 aliphatic rings. The number of hydrogen-bond donors (Lipinski definition) is 2. The normalized spacial score (nSPS) is 10.5. The molecule has 0 fully saturated rings. The maximum absolute atomic E-state index is 5.65. The molecule has 3 N–H and O–H groups in total. The van der Waals surface area contributed by atoms with Gasteiger partial charge in [-0.25, -0.2) is 4.98 Å². The van der Waals surface area contributed by atoms with E-state index in [1.807, 2.05) is 60.7 Å². The molecule has 3 aromatic rings. The molecule has 4 heteroatoms. The first-order valence-corrected chi connectivity index (χ1v) is 8.41. The molecule has 1 aromatic heterocycles. The van der Waals surface area contributed by atoms with Crippen LogP contribution in [0.25, 0.3) is 11.3 Å². The van der Waals surface area contributed by atoms with Crippen LogP contribution >= 0.6 is 0 Å². The number of nitrogens with one attached hydrogen (secondary N) is 1. The first kappa shape index (κ1) is 17.0. The van der Waals surface area contributed by atoms with Crippen LogP contribution in [-0.2, 0) is 0 Å². The predicted octanol–water partition coefficient (Wildman–Crippen LogP) is 4.45. The van der Waals surface area contributed by atoms with Crippen molar-refractivity contribution >= 4 is 11.5 Å². The maximum atomic E-state index is 5.65. The van der Waals surface area contributed by atoms with Gasteiger partial charge >= 0.3 is 0 Å². The first-order valence-electron chi connectivity index (χ1n) is 8.41. The number of para-hydroxylation sites is 1. The molecular formula is C21H23N3O. The maximum Gasteiger partial charge on any atom is 0.131 e. The number of rotatable bonds is 6. The van der Waals surface area contributed by atoms with E-state index in [9.17, 15) is 0 Å². The molecule has 2 aromatic carbocycles. The fourth-order valence-electron chi connectivity index (χ4n) is 2.90. The third-order valence-electron chi connectivity index (χ3n) is 3.94. The van der Waals surface area contributed by atoms with Crippen LogP contribution in [0.15, 0.2) is 60.7 Å². The average Bonchev–Trinajstić information content (AvgIpc) is 2.61. The highest BCUT2D eigenvalue weighted by Crippen LogP contribution is 2.30. The van der Waals surface area contributed by atoms with Crippen LogP contribution in [0, 0.1) is 13.8 Å². The van der Waals surface area contributed by atoms with Gasteiger partial charge in [-0.05, 0) is 61.4 Å². The molecule has 0 atom stereocenters. The van der Waals surface area contributed by atoms with Crippen molar-refractivity contribution in [2.45, 2.75) is 13.8 Å². The summed E-state index contributed by atoms with van der Waals surface area (Å²) in [6.07, 6.45) is 0. The second kappa shape index (κ2) is 7.81. The van der Waals surface area contributed by atoms with Gasteiger partial charge in [0.1, 0.15) is 18.2 Å². The largest absolute Gasteiger partial charge is 0.492 e. The van der Waals surface area contributed by atoms with Crippen molar-refractivity contribution < 1.29 is 4.74 Å². The SMILES string of the molecule is Cc1cc(OCCN)cc(C)c1-c1cccc(Nc2ccccc2)n1. The van der Waals surface area contributed by atoms with Crippen molar-refractivity contribution in [3.63, 3.8) is 0 Å². The number of nitrogens with two attached hydrogens (primary N) is 1. The summed E-state index contributed by atoms with van der Waals surface area (Å²) < 4.78 is 5.65. The van der Waals surface area contributed by atoms with Crippen LogP contribution in [0.4, 0.5) is 11.5 Å². The van der Waals surface area contributed by atoms with E-state index in [1.54, 1.807) is 0 Å². The predicted molar refractivity (Wildman–Crippen MR) is 103 cm³/mol. The average molecular weight is 333 g/mol. The summed E-state index contributed by atoms with van der Waals surface area (Å²) in [6.45, 7) is 5.19. The molecule has 0 unspecified atom stereocenters. The lowest BCUT2D eigenvalue weighted by molar-refractivity contribution is 0.328. The van der Waals surface area contributed by atoms with E-state index in [2.05, 4.69) is 19.2 Å². The van der Waals surface area contributed by atoms with E-state index in [4.69, 9.17) is 15.5 Å². The summed E-state index contributed by atoms with van der Waals surface area (Å²) in [7, 11) is 0. The van der Waals surface area contributed by atoms with Crippen molar-refractivity contribution in [2.75, 3.05) is 18.5 Å². The van der Waals surface area contributed by atoms with Crippen LogP contribution < -0.4 is 15.8 Å². The van der Waals surface area contributed by atoms with Crippen LogP contribution in [0.1, 0.15) is 11.1 Å². The van der Waals surface area contributed by atoms with E-state index in [1.165, 1.54) is 0 Å². The Bertz CT molecular complexity index is 824. The number of ether oxygens (including phenoxy) is 1. The fraction of sp³-hybridized carbons (Fsp3) is 0.190. The van der Waals surface area contributed by atoms with Gasteiger partial charge in [-0.15, -0.1) is 0 Å². The third-order valence-corrected chi connectivity index (χ3v) is 3.94. The van der Waals surface area contributed by atoms with E-state index >= 15 is 0 Å². The molecule has 0 bridgehead atoms. The number of benzene rings is 2. The van der Waals surface area contributed by atoms with Gasteiger partial charge in [-0.3, -0.25) is 0 Å².